The lowest BCUT2D eigenvalue weighted by atomic mass is 9.88. The van der Waals surface area contributed by atoms with E-state index in [0.717, 1.165) is 31.2 Å². The van der Waals surface area contributed by atoms with Crippen LogP contribution < -0.4 is 10.1 Å². The number of amides is 1. The van der Waals surface area contributed by atoms with Crippen LogP contribution in [0.5, 0.6) is 5.75 Å². The number of methoxy groups -OCH3 is 1. The van der Waals surface area contributed by atoms with E-state index in [9.17, 15) is 9.18 Å². The molecule has 0 unspecified atom stereocenters. The Kier molecular flexibility index (Phi) is 5.39. The molecule has 0 radical (unpaired) electrons. The van der Waals surface area contributed by atoms with Crippen LogP contribution in [-0.2, 0) is 11.2 Å². The number of nitrogens with one attached hydrogen (secondary N) is 1. The first-order valence-corrected chi connectivity index (χ1v) is 7.31. The Morgan fingerprint density at radius 2 is 2.10 bits per heavy atom. The van der Waals surface area contributed by atoms with Crippen molar-refractivity contribution in [1.29, 1.82) is 0 Å². The van der Waals surface area contributed by atoms with Gasteiger partial charge in [-0.3, -0.25) is 4.79 Å². The van der Waals surface area contributed by atoms with E-state index >= 15 is 0 Å². The van der Waals surface area contributed by atoms with Gasteiger partial charge in [0.1, 0.15) is 11.6 Å². The zero-order valence-electron chi connectivity index (χ0n) is 12.0. The molecule has 1 N–H and O–H groups in total. The third-order valence-electron chi connectivity index (χ3n) is 3.91. The van der Waals surface area contributed by atoms with Gasteiger partial charge in [0.2, 0.25) is 5.91 Å². The van der Waals surface area contributed by atoms with E-state index in [1.807, 2.05) is 0 Å². The molecule has 0 atom stereocenters. The third kappa shape index (κ3) is 3.95. The standard InChI is InChI=1S/C16H22FNO2/c1-20-15-8-7-14(17)11-13(15)9-10-18-16(19)12-5-3-2-4-6-12/h7-8,11-12H,2-6,9-10H2,1H3,(H,18,19). The van der Waals surface area contributed by atoms with E-state index < -0.39 is 0 Å². The number of rotatable bonds is 5. The maximum Gasteiger partial charge on any atom is 0.223 e. The van der Waals surface area contributed by atoms with Crippen molar-refractivity contribution in [3.8, 4) is 5.75 Å². The van der Waals surface area contributed by atoms with Crippen LogP contribution in [0.15, 0.2) is 18.2 Å². The van der Waals surface area contributed by atoms with E-state index in [1.165, 1.54) is 18.6 Å². The molecule has 1 fully saturated rings. The second kappa shape index (κ2) is 7.27. The maximum atomic E-state index is 13.2. The number of ether oxygens (including phenoxy) is 1. The van der Waals surface area contributed by atoms with Gasteiger partial charge >= 0.3 is 0 Å². The fourth-order valence-corrected chi connectivity index (χ4v) is 2.77. The van der Waals surface area contributed by atoms with Crippen LogP contribution in [-0.4, -0.2) is 19.6 Å². The molecule has 1 amide bonds. The lowest BCUT2D eigenvalue weighted by Crippen LogP contribution is -2.33. The minimum atomic E-state index is -0.278. The van der Waals surface area contributed by atoms with Crippen LogP contribution in [0.2, 0.25) is 0 Å². The monoisotopic (exact) mass is 279 g/mol. The van der Waals surface area contributed by atoms with Crippen molar-refractivity contribution >= 4 is 5.91 Å². The van der Waals surface area contributed by atoms with Crippen molar-refractivity contribution in [3.63, 3.8) is 0 Å². The van der Waals surface area contributed by atoms with Gasteiger partial charge in [0, 0.05) is 12.5 Å². The van der Waals surface area contributed by atoms with Crippen LogP contribution >= 0.6 is 0 Å². The summed E-state index contributed by atoms with van der Waals surface area (Å²) in [5.74, 6) is 0.691. The SMILES string of the molecule is COc1ccc(F)cc1CCNC(=O)C1CCCCC1. The summed E-state index contributed by atoms with van der Waals surface area (Å²) in [6, 6.07) is 4.46. The molecule has 1 aromatic rings. The number of benzene rings is 1. The molecule has 110 valence electrons. The summed E-state index contributed by atoms with van der Waals surface area (Å²) in [5.41, 5.74) is 0.788. The normalized spacial score (nSPS) is 15.9. The highest BCUT2D eigenvalue weighted by atomic mass is 19.1. The summed E-state index contributed by atoms with van der Waals surface area (Å²) in [6.07, 6.45) is 6.11. The molecular formula is C16H22FNO2. The molecule has 0 aromatic heterocycles. The molecule has 0 saturated heterocycles. The average Bonchev–Trinajstić information content (AvgIpc) is 2.48. The highest BCUT2D eigenvalue weighted by molar-refractivity contribution is 5.78. The van der Waals surface area contributed by atoms with E-state index in [4.69, 9.17) is 4.74 Å². The fraction of sp³-hybridized carbons (Fsp3) is 0.562. The van der Waals surface area contributed by atoms with Gasteiger partial charge in [-0.25, -0.2) is 4.39 Å². The second-order valence-electron chi connectivity index (χ2n) is 5.33. The number of hydrogen-bond acceptors (Lipinski definition) is 2. The summed E-state index contributed by atoms with van der Waals surface area (Å²) in [6.45, 7) is 0.523. The second-order valence-corrected chi connectivity index (χ2v) is 5.33. The zero-order chi connectivity index (χ0) is 14.4. The summed E-state index contributed by atoms with van der Waals surface area (Å²) in [5, 5.41) is 2.95. The van der Waals surface area contributed by atoms with Crippen molar-refractivity contribution in [2.24, 2.45) is 5.92 Å². The quantitative estimate of drug-likeness (QED) is 0.899. The average molecular weight is 279 g/mol. The molecule has 1 aliphatic rings. The van der Waals surface area contributed by atoms with Crippen LogP contribution in [0.3, 0.4) is 0 Å². The highest BCUT2D eigenvalue weighted by Gasteiger charge is 2.20. The molecule has 3 nitrogen and oxygen atoms in total. The van der Waals surface area contributed by atoms with E-state index in [-0.39, 0.29) is 17.6 Å². The Morgan fingerprint density at radius 3 is 2.80 bits per heavy atom. The topological polar surface area (TPSA) is 38.3 Å². The number of carbonyl (C=O) groups is 1. The van der Waals surface area contributed by atoms with E-state index in [0.29, 0.717) is 18.7 Å². The van der Waals surface area contributed by atoms with Crippen molar-refractivity contribution in [3.05, 3.63) is 29.6 Å². The predicted molar refractivity (Wildman–Crippen MR) is 76.2 cm³/mol. The Morgan fingerprint density at radius 1 is 1.35 bits per heavy atom. The lowest BCUT2D eigenvalue weighted by molar-refractivity contribution is -0.125. The zero-order valence-corrected chi connectivity index (χ0v) is 12.0. The first-order valence-electron chi connectivity index (χ1n) is 7.31. The minimum absolute atomic E-state index is 0.139. The lowest BCUT2D eigenvalue weighted by Gasteiger charge is -2.20. The molecule has 20 heavy (non-hydrogen) atoms. The van der Waals surface area contributed by atoms with Gasteiger partial charge < -0.3 is 10.1 Å². The number of hydrogen-bond donors (Lipinski definition) is 1. The van der Waals surface area contributed by atoms with Gasteiger partial charge in [-0.2, -0.15) is 0 Å². The largest absolute Gasteiger partial charge is 0.496 e. The smallest absolute Gasteiger partial charge is 0.223 e. The summed E-state index contributed by atoms with van der Waals surface area (Å²) in [4.78, 5) is 12.0. The van der Waals surface area contributed by atoms with Gasteiger partial charge in [0.15, 0.2) is 0 Å². The molecule has 0 bridgehead atoms. The summed E-state index contributed by atoms with van der Waals surface area (Å²) >= 11 is 0. The Balaban J connectivity index is 1.83. The van der Waals surface area contributed by atoms with E-state index in [1.54, 1.807) is 13.2 Å². The fourth-order valence-electron chi connectivity index (χ4n) is 2.77. The number of halogens is 1. The first-order chi connectivity index (χ1) is 9.70. The van der Waals surface area contributed by atoms with Crippen LogP contribution in [0.25, 0.3) is 0 Å². The van der Waals surface area contributed by atoms with E-state index in [2.05, 4.69) is 5.32 Å². The van der Waals surface area contributed by atoms with Crippen LogP contribution in [0, 0.1) is 11.7 Å². The van der Waals surface area contributed by atoms with Gasteiger partial charge in [-0.15, -0.1) is 0 Å². The summed E-state index contributed by atoms with van der Waals surface area (Å²) in [7, 11) is 1.57. The van der Waals surface area contributed by atoms with Crippen molar-refractivity contribution < 1.29 is 13.9 Å². The summed E-state index contributed by atoms with van der Waals surface area (Å²) < 4.78 is 18.4. The molecule has 0 spiro atoms. The minimum Gasteiger partial charge on any atom is -0.496 e. The predicted octanol–water partition coefficient (Wildman–Crippen LogP) is 3.07. The van der Waals surface area contributed by atoms with Crippen molar-refractivity contribution in [2.45, 2.75) is 38.5 Å². The molecule has 0 aliphatic heterocycles. The third-order valence-corrected chi connectivity index (χ3v) is 3.91. The Labute approximate surface area is 119 Å². The Hall–Kier alpha value is -1.58. The van der Waals surface area contributed by atoms with Gasteiger partial charge in [-0.05, 0) is 43.0 Å². The molecule has 4 heteroatoms. The van der Waals surface area contributed by atoms with Crippen molar-refractivity contribution in [2.75, 3.05) is 13.7 Å². The molecule has 1 aliphatic carbocycles. The molecular weight excluding hydrogens is 257 g/mol. The van der Waals surface area contributed by atoms with Crippen LogP contribution in [0.4, 0.5) is 4.39 Å². The first kappa shape index (κ1) is 14.8. The maximum absolute atomic E-state index is 13.2. The van der Waals surface area contributed by atoms with Gasteiger partial charge in [0.05, 0.1) is 7.11 Å². The van der Waals surface area contributed by atoms with Crippen LogP contribution in [0.1, 0.15) is 37.7 Å². The molecule has 1 aromatic carbocycles. The molecule has 2 rings (SSSR count). The number of carbonyl (C=O) groups excluding carboxylic acids is 1. The van der Waals surface area contributed by atoms with Crippen molar-refractivity contribution in [1.82, 2.24) is 5.32 Å². The highest BCUT2D eigenvalue weighted by Crippen LogP contribution is 2.24. The molecule has 1 saturated carbocycles. The molecule has 0 heterocycles. The van der Waals surface area contributed by atoms with Gasteiger partial charge in [0.25, 0.3) is 0 Å². The Bertz CT molecular complexity index is 456. The van der Waals surface area contributed by atoms with Gasteiger partial charge in [-0.1, -0.05) is 19.3 Å².